The van der Waals surface area contributed by atoms with Crippen LogP contribution in [0.3, 0.4) is 0 Å². The molecule has 2 rings (SSSR count). The molecule has 0 aliphatic heterocycles. The Balaban J connectivity index is 2.32. The fraction of sp³-hybridized carbons (Fsp3) is 0.438. The topological polar surface area (TPSA) is 53.1 Å². The van der Waals surface area contributed by atoms with Crippen molar-refractivity contribution in [2.45, 2.75) is 39.7 Å². The molecule has 1 aromatic carbocycles. The van der Waals surface area contributed by atoms with Gasteiger partial charge in [-0.15, -0.1) is 0 Å². The Morgan fingerprint density at radius 1 is 1.38 bits per heavy atom. The Kier molecular flexibility index (Phi) is 4.63. The third-order valence-corrected chi connectivity index (χ3v) is 3.62. The van der Waals surface area contributed by atoms with Gasteiger partial charge in [0.1, 0.15) is 11.6 Å². The number of nitrogens with zero attached hydrogens (tertiary/aromatic N) is 2. The van der Waals surface area contributed by atoms with E-state index in [0.29, 0.717) is 23.6 Å². The minimum atomic E-state index is -0.239. The summed E-state index contributed by atoms with van der Waals surface area (Å²) < 4.78 is 20.9. The number of halogens is 1. The summed E-state index contributed by atoms with van der Waals surface area (Å²) in [4.78, 5) is 0. The maximum absolute atomic E-state index is 13.3. The maximum atomic E-state index is 13.3. The zero-order valence-electron chi connectivity index (χ0n) is 13.0. The third kappa shape index (κ3) is 3.42. The standard InChI is InChI=1S/C16H22FN3O/c1-5-12(18)9-14-11(3)19-20(4)16(14)21-13-6-7-15(17)10(2)8-13/h6-8,12H,5,9,18H2,1-4H3. The largest absolute Gasteiger partial charge is 0.439 e. The molecule has 0 saturated carbocycles. The summed E-state index contributed by atoms with van der Waals surface area (Å²) in [6, 6.07) is 4.78. The zero-order chi connectivity index (χ0) is 15.6. The number of nitrogens with two attached hydrogens (primary N) is 1. The fourth-order valence-electron chi connectivity index (χ4n) is 2.24. The summed E-state index contributed by atoms with van der Waals surface area (Å²) >= 11 is 0. The summed E-state index contributed by atoms with van der Waals surface area (Å²) in [7, 11) is 1.83. The van der Waals surface area contributed by atoms with Gasteiger partial charge in [0.05, 0.1) is 5.69 Å². The van der Waals surface area contributed by atoms with E-state index in [4.69, 9.17) is 10.5 Å². The summed E-state index contributed by atoms with van der Waals surface area (Å²) in [5, 5.41) is 4.40. The minimum absolute atomic E-state index is 0.0743. The third-order valence-electron chi connectivity index (χ3n) is 3.62. The van der Waals surface area contributed by atoms with Gasteiger partial charge in [-0.25, -0.2) is 9.07 Å². The van der Waals surface area contributed by atoms with Crippen LogP contribution in [0.15, 0.2) is 18.2 Å². The van der Waals surface area contributed by atoms with Crippen LogP contribution >= 0.6 is 0 Å². The highest BCUT2D eigenvalue weighted by molar-refractivity contribution is 5.37. The van der Waals surface area contributed by atoms with Crippen LogP contribution < -0.4 is 10.5 Å². The van der Waals surface area contributed by atoms with E-state index in [-0.39, 0.29) is 11.9 Å². The molecule has 4 nitrogen and oxygen atoms in total. The van der Waals surface area contributed by atoms with Gasteiger partial charge in [0, 0.05) is 18.7 Å². The monoisotopic (exact) mass is 291 g/mol. The van der Waals surface area contributed by atoms with E-state index < -0.39 is 0 Å². The van der Waals surface area contributed by atoms with E-state index >= 15 is 0 Å². The SMILES string of the molecule is CCC(N)Cc1c(C)nn(C)c1Oc1ccc(F)c(C)c1. The predicted octanol–water partition coefficient (Wildman–Crippen LogP) is 3.25. The Morgan fingerprint density at radius 3 is 2.71 bits per heavy atom. The molecule has 2 N–H and O–H groups in total. The Hall–Kier alpha value is -1.88. The van der Waals surface area contributed by atoms with Gasteiger partial charge in [-0.2, -0.15) is 5.10 Å². The van der Waals surface area contributed by atoms with E-state index in [1.807, 2.05) is 14.0 Å². The van der Waals surface area contributed by atoms with Gasteiger partial charge in [-0.3, -0.25) is 0 Å². The molecular formula is C16H22FN3O. The quantitative estimate of drug-likeness (QED) is 0.920. The van der Waals surface area contributed by atoms with Crippen molar-refractivity contribution in [2.24, 2.45) is 12.8 Å². The second-order valence-corrected chi connectivity index (χ2v) is 5.38. The van der Waals surface area contributed by atoms with Crippen LogP contribution in [-0.4, -0.2) is 15.8 Å². The van der Waals surface area contributed by atoms with Crippen LogP contribution in [0.5, 0.6) is 11.6 Å². The Labute approximate surface area is 124 Å². The number of ether oxygens (including phenoxy) is 1. The summed E-state index contributed by atoms with van der Waals surface area (Å²) in [6.07, 6.45) is 1.61. The van der Waals surface area contributed by atoms with Crippen LogP contribution in [0.4, 0.5) is 4.39 Å². The van der Waals surface area contributed by atoms with Crippen LogP contribution in [0.25, 0.3) is 0 Å². The lowest BCUT2D eigenvalue weighted by Crippen LogP contribution is -2.21. The molecule has 1 aromatic heterocycles. The summed E-state index contributed by atoms with van der Waals surface area (Å²) in [6.45, 7) is 5.71. The van der Waals surface area contributed by atoms with Gasteiger partial charge < -0.3 is 10.5 Å². The highest BCUT2D eigenvalue weighted by atomic mass is 19.1. The molecule has 114 valence electrons. The molecule has 0 spiro atoms. The van der Waals surface area contributed by atoms with Gasteiger partial charge in [0.25, 0.3) is 0 Å². The second kappa shape index (κ2) is 6.26. The van der Waals surface area contributed by atoms with Crippen molar-refractivity contribution < 1.29 is 9.13 Å². The van der Waals surface area contributed by atoms with E-state index in [1.165, 1.54) is 6.07 Å². The molecule has 0 saturated heterocycles. The molecule has 1 atom stereocenters. The minimum Gasteiger partial charge on any atom is -0.439 e. The Bertz CT molecular complexity index is 637. The maximum Gasteiger partial charge on any atom is 0.221 e. The number of benzene rings is 1. The second-order valence-electron chi connectivity index (χ2n) is 5.38. The number of hydrogen-bond acceptors (Lipinski definition) is 3. The lowest BCUT2D eigenvalue weighted by molar-refractivity contribution is 0.422. The first kappa shape index (κ1) is 15.5. The first-order valence-electron chi connectivity index (χ1n) is 7.14. The average Bonchev–Trinajstić information content (AvgIpc) is 2.69. The molecular weight excluding hydrogens is 269 g/mol. The van der Waals surface area contributed by atoms with Crippen molar-refractivity contribution in [1.82, 2.24) is 9.78 Å². The lowest BCUT2D eigenvalue weighted by atomic mass is 10.1. The summed E-state index contributed by atoms with van der Waals surface area (Å²) in [5.41, 5.74) is 8.52. The van der Waals surface area contributed by atoms with Crippen molar-refractivity contribution in [3.05, 3.63) is 40.8 Å². The normalized spacial score (nSPS) is 12.5. The van der Waals surface area contributed by atoms with Crippen molar-refractivity contribution in [2.75, 3.05) is 0 Å². The smallest absolute Gasteiger partial charge is 0.221 e. The first-order chi connectivity index (χ1) is 9.92. The number of hydrogen-bond donors (Lipinski definition) is 1. The van der Waals surface area contributed by atoms with Crippen LogP contribution in [0.2, 0.25) is 0 Å². The molecule has 0 aliphatic rings. The fourth-order valence-corrected chi connectivity index (χ4v) is 2.24. The molecule has 1 unspecified atom stereocenters. The zero-order valence-corrected chi connectivity index (χ0v) is 13.0. The van der Waals surface area contributed by atoms with E-state index in [0.717, 1.165) is 17.7 Å². The van der Waals surface area contributed by atoms with Crippen molar-refractivity contribution in [1.29, 1.82) is 0 Å². The Morgan fingerprint density at radius 2 is 2.10 bits per heavy atom. The highest BCUT2D eigenvalue weighted by Gasteiger charge is 2.18. The molecule has 21 heavy (non-hydrogen) atoms. The van der Waals surface area contributed by atoms with Gasteiger partial charge in [-0.1, -0.05) is 6.92 Å². The predicted molar refractivity (Wildman–Crippen MR) is 81.1 cm³/mol. The first-order valence-corrected chi connectivity index (χ1v) is 7.14. The van der Waals surface area contributed by atoms with Gasteiger partial charge in [0.2, 0.25) is 5.88 Å². The number of aryl methyl sites for hydroxylation is 3. The van der Waals surface area contributed by atoms with Gasteiger partial charge in [0.15, 0.2) is 0 Å². The lowest BCUT2D eigenvalue weighted by Gasteiger charge is -2.12. The molecule has 5 heteroatoms. The van der Waals surface area contributed by atoms with Gasteiger partial charge in [-0.05, 0) is 50.5 Å². The molecule has 0 fully saturated rings. The van der Waals surface area contributed by atoms with E-state index in [2.05, 4.69) is 12.0 Å². The van der Waals surface area contributed by atoms with Crippen LogP contribution in [0, 0.1) is 19.7 Å². The molecule has 2 aromatic rings. The molecule has 0 amide bonds. The van der Waals surface area contributed by atoms with E-state index in [1.54, 1.807) is 23.7 Å². The van der Waals surface area contributed by atoms with Crippen LogP contribution in [0.1, 0.15) is 30.2 Å². The molecule has 0 bridgehead atoms. The van der Waals surface area contributed by atoms with Crippen molar-refractivity contribution in [3.63, 3.8) is 0 Å². The average molecular weight is 291 g/mol. The number of aromatic nitrogens is 2. The van der Waals surface area contributed by atoms with Crippen LogP contribution in [-0.2, 0) is 13.5 Å². The van der Waals surface area contributed by atoms with Crippen molar-refractivity contribution in [3.8, 4) is 11.6 Å². The summed E-state index contributed by atoms with van der Waals surface area (Å²) in [5.74, 6) is 1.03. The van der Waals surface area contributed by atoms with Crippen molar-refractivity contribution >= 4 is 0 Å². The van der Waals surface area contributed by atoms with E-state index in [9.17, 15) is 4.39 Å². The number of rotatable bonds is 5. The van der Waals surface area contributed by atoms with Gasteiger partial charge >= 0.3 is 0 Å². The molecule has 0 aliphatic carbocycles. The molecule has 1 heterocycles. The molecule has 0 radical (unpaired) electrons. The highest BCUT2D eigenvalue weighted by Crippen LogP contribution is 2.29.